The van der Waals surface area contributed by atoms with Crippen molar-refractivity contribution in [3.8, 4) is 5.75 Å². The maximum absolute atomic E-state index is 13.0. The summed E-state index contributed by atoms with van der Waals surface area (Å²) in [5.41, 5.74) is 2.43. The Kier molecular flexibility index (Phi) is 4.70. The minimum absolute atomic E-state index is 0.242. The number of nitrogens with zero attached hydrogens (tertiary/aromatic N) is 1. The van der Waals surface area contributed by atoms with Crippen molar-refractivity contribution in [3.63, 3.8) is 0 Å². The van der Waals surface area contributed by atoms with Gasteiger partial charge in [0.25, 0.3) is 10.0 Å². The zero-order chi connectivity index (χ0) is 20.8. The quantitative estimate of drug-likeness (QED) is 0.698. The van der Waals surface area contributed by atoms with E-state index in [1.807, 2.05) is 44.2 Å². The van der Waals surface area contributed by atoms with E-state index in [1.165, 1.54) is 4.31 Å². The Bertz CT molecular complexity index is 1220. The van der Waals surface area contributed by atoms with Crippen molar-refractivity contribution in [2.45, 2.75) is 24.8 Å². The molecular weight excluding hydrogens is 388 g/mol. The number of hydrogen-bond acceptors (Lipinski definition) is 4. The molecule has 0 aromatic heterocycles. The average Bonchev–Trinajstić information content (AvgIpc) is 2.91. The summed E-state index contributed by atoms with van der Waals surface area (Å²) in [7, 11) is -2.18. The number of benzene rings is 3. The van der Waals surface area contributed by atoms with Gasteiger partial charge in [-0.15, -0.1) is 0 Å². The summed E-state index contributed by atoms with van der Waals surface area (Å²) in [5.74, 6) is 0.295. The van der Waals surface area contributed by atoms with E-state index in [4.69, 9.17) is 4.74 Å². The van der Waals surface area contributed by atoms with Gasteiger partial charge < -0.3 is 10.1 Å². The number of aryl methyl sites for hydroxylation is 1. The second-order valence-corrected chi connectivity index (χ2v) is 9.01. The molecule has 29 heavy (non-hydrogen) atoms. The number of ether oxygens (including phenoxy) is 1. The highest BCUT2D eigenvalue weighted by Gasteiger charge is 2.36. The first-order valence-corrected chi connectivity index (χ1v) is 10.8. The van der Waals surface area contributed by atoms with Crippen LogP contribution in [0.15, 0.2) is 59.5 Å². The predicted molar refractivity (Wildman–Crippen MR) is 113 cm³/mol. The van der Waals surface area contributed by atoms with Gasteiger partial charge in [0.1, 0.15) is 12.3 Å². The smallest absolute Gasteiger partial charge is 0.265 e. The average molecular weight is 410 g/mol. The Hall–Kier alpha value is -3.06. The summed E-state index contributed by atoms with van der Waals surface area (Å²) < 4.78 is 32.6. The van der Waals surface area contributed by atoms with Crippen molar-refractivity contribution in [2.75, 3.05) is 18.0 Å². The lowest BCUT2D eigenvalue weighted by atomic mass is 10.0. The number of sulfonamides is 1. The van der Waals surface area contributed by atoms with Crippen molar-refractivity contribution in [2.24, 2.45) is 0 Å². The van der Waals surface area contributed by atoms with E-state index in [0.29, 0.717) is 16.8 Å². The fourth-order valence-corrected chi connectivity index (χ4v) is 5.48. The number of amides is 1. The molecule has 4 rings (SSSR count). The van der Waals surface area contributed by atoms with Crippen LogP contribution in [0.3, 0.4) is 0 Å². The molecular formula is C22H22N2O4S. The van der Waals surface area contributed by atoms with E-state index in [2.05, 4.69) is 5.32 Å². The van der Waals surface area contributed by atoms with Gasteiger partial charge in [0.05, 0.1) is 23.7 Å². The predicted octanol–water partition coefficient (Wildman–Crippen LogP) is 3.54. The zero-order valence-electron chi connectivity index (χ0n) is 16.5. The number of nitrogens with one attached hydrogen (secondary N) is 1. The van der Waals surface area contributed by atoms with E-state index in [1.54, 1.807) is 31.4 Å². The van der Waals surface area contributed by atoms with Gasteiger partial charge in [0, 0.05) is 10.9 Å². The van der Waals surface area contributed by atoms with Crippen LogP contribution in [0, 0.1) is 6.92 Å². The topological polar surface area (TPSA) is 75.7 Å². The molecule has 1 unspecified atom stereocenters. The maximum Gasteiger partial charge on any atom is 0.265 e. The Morgan fingerprint density at radius 2 is 1.86 bits per heavy atom. The van der Waals surface area contributed by atoms with Gasteiger partial charge in [-0.2, -0.15) is 0 Å². The summed E-state index contributed by atoms with van der Waals surface area (Å²) in [6.07, 6.45) is 0. The van der Waals surface area contributed by atoms with Crippen molar-refractivity contribution < 1.29 is 17.9 Å². The standard InChI is InChI=1S/C22H22N2O4S/c1-14-10-11-19(28-3)17(12-14)15(2)23-21(25)13-24-18-8-4-6-16-7-5-9-20(22(16)18)29(24,26)27/h4-12,15H,13H2,1-3H3,(H,23,25). The van der Waals surface area contributed by atoms with Gasteiger partial charge in [0.15, 0.2) is 0 Å². The van der Waals surface area contributed by atoms with E-state index < -0.39 is 10.0 Å². The van der Waals surface area contributed by atoms with Crippen LogP contribution in [0.1, 0.15) is 24.1 Å². The van der Waals surface area contributed by atoms with Crippen molar-refractivity contribution in [3.05, 3.63) is 65.7 Å². The summed E-state index contributed by atoms with van der Waals surface area (Å²) in [6, 6.07) is 16.0. The maximum atomic E-state index is 13.0. The van der Waals surface area contributed by atoms with Crippen LogP contribution in [0.25, 0.3) is 10.8 Å². The third-order valence-electron chi connectivity index (χ3n) is 5.20. The minimum Gasteiger partial charge on any atom is -0.496 e. The second kappa shape index (κ2) is 7.08. The van der Waals surface area contributed by atoms with Gasteiger partial charge in [-0.05, 0) is 37.4 Å². The van der Waals surface area contributed by atoms with Crippen LogP contribution in [0.2, 0.25) is 0 Å². The van der Waals surface area contributed by atoms with Crippen molar-refractivity contribution >= 4 is 32.4 Å². The molecule has 1 atom stereocenters. The Morgan fingerprint density at radius 3 is 2.59 bits per heavy atom. The summed E-state index contributed by atoms with van der Waals surface area (Å²) in [4.78, 5) is 13.0. The molecule has 7 heteroatoms. The molecule has 3 aromatic carbocycles. The van der Waals surface area contributed by atoms with Crippen LogP contribution in [0.5, 0.6) is 5.75 Å². The first kappa shape index (κ1) is 19.3. The Balaban J connectivity index is 1.60. The summed E-state index contributed by atoms with van der Waals surface area (Å²) >= 11 is 0. The number of rotatable bonds is 5. The fraction of sp³-hybridized carbons (Fsp3) is 0.227. The molecule has 3 aromatic rings. The van der Waals surface area contributed by atoms with Crippen LogP contribution in [0.4, 0.5) is 5.69 Å². The van der Waals surface area contributed by atoms with Crippen molar-refractivity contribution in [1.82, 2.24) is 5.32 Å². The lowest BCUT2D eigenvalue weighted by molar-refractivity contribution is -0.120. The number of anilines is 1. The fourth-order valence-electron chi connectivity index (χ4n) is 3.82. The third kappa shape index (κ3) is 3.21. The van der Waals surface area contributed by atoms with Crippen LogP contribution in [-0.2, 0) is 14.8 Å². The zero-order valence-corrected chi connectivity index (χ0v) is 17.3. The van der Waals surface area contributed by atoms with Crippen LogP contribution < -0.4 is 14.4 Å². The first-order chi connectivity index (χ1) is 13.8. The Labute approximate surface area is 170 Å². The number of carbonyl (C=O) groups excluding carboxylic acids is 1. The lowest BCUT2D eigenvalue weighted by Crippen LogP contribution is -2.39. The molecule has 0 saturated carbocycles. The molecule has 0 spiro atoms. The van der Waals surface area contributed by atoms with Gasteiger partial charge in [-0.25, -0.2) is 8.42 Å². The molecule has 0 saturated heterocycles. The highest BCUT2D eigenvalue weighted by molar-refractivity contribution is 7.93. The SMILES string of the molecule is COc1ccc(C)cc1C(C)NC(=O)CN1c2cccc3cccc(c23)S1(=O)=O. The van der Waals surface area contributed by atoms with Gasteiger partial charge in [-0.3, -0.25) is 9.10 Å². The van der Waals surface area contributed by atoms with Gasteiger partial charge >= 0.3 is 0 Å². The van der Waals surface area contributed by atoms with Crippen LogP contribution in [-0.4, -0.2) is 28.0 Å². The number of methoxy groups -OCH3 is 1. The molecule has 0 fully saturated rings. The second-order valence-electron chi connectivity index (χ2n) is 7.18. The molecule has 1 aliphatic heterocycles. The molecule has 0 aliphatic carbocycles. The molecule has 6 nitrogen and oxygen atoms in total. The molecule has 0 bridgehead atoms. The normalized spacial score (nSPS) is 15.3. The van der Waals surface area contributed by atoms with Crippen molar-refractivity contribution in [1.29, 1.82) is 0 Å². The lowest BCUT2D eigenvalue weighted by Gasteiger charge is -2.22. The van der Waals surface area contributed by atoms with E-state index >= 15 is 0 Å². The van der Waals surface area contributed by atoms with E-state index in [9.17, 15) is 13.2 Å². The summed E-state index contributed by atoms with van der Waals surface area (Å²) in [5, 5.41) is 4.40. The molecule has 1 amide bonds. The number of hydrogen-bond donors (Lipinski definition) is 1. The first-order valence-electron chi connectivity index (χ1n) is 9.31. The summed E-state index contributed by atoms with van der Waals surface area (Å²) in [6.45, 7) is 3.53. The number of carbonyl (C=O) groups is 1. The van der Waals surface area contributed by atoms with E-state index in [0.717, 1.165) is 16.5 Å². The van der Waals surface area contributed by atoms with Gasteiger partial charge in [-0.1, -0.05) is 42.0 Å². The Morgan fingerprint density at radius 1 is 1.14 bits per heavy atom. The molecule has 1 heterocycles. The largest absolute Gasteiger partial charge is 0.496 e. The minimum atomic E-state index is -3.77. The molecule has 0 radical (unpaired) electrons. The molecule has 1 aliphatic rings. The highest BCUT2D eigenvalue weighted by atomic mass is 32.2. The molecule has 150 valence electrons. The van der Waals surface area contributed by atoms with Gasteiger partial charge in [0.2, 0.25) is 5.91 Å². The van der Waals surface area contributed by atoms with E-state index in [-0.39, 0.29) is 23.4 Å². The van der Waals surface area contributed by atoms with Crippen LogP contribution >= 0.6 is 0 Å². The third-order valence-corrected chi connectivity index (χ3v) is 7.00. The highest BCUT2D eigenvalue weighted by Crippen LogP contribution is 2.41. The monoisotopic (exact) mass is 410 g/mol. The molecule has 1 N–H and O–H groups in total.